The van der Waals surface area contributed by atoms with E-state index >= 15 is 0 Å². The molecule has 74 valence electrons. The Kier molecular flexibility index (Phi) is 5.04. The number of Topliss-reactive ketones (excluding diaryl/α,β-unsaturated/α-hetero) is 1. The lowest BCUT2D eigenvalue weighted by Crippen LogP contribution is -2.19. The van der Waals surface area contributed by atoms with Crippen LogP contribution in [-0.4, -0.2) is 18.4 Å². The Hall–Kier alpha value is -1.12. The number of hydrogen-bond donors (Lipinski definition) is 0. The lowest BCUT2D eigenvalue weighted by atomic mass is 10.0. The molecule has 0 aromatic rings. The van der Waals surface area contributed by atoms with E-state index in [-0.39, 0.29) is 17.3 Å². The van der Waals surface area contributed by atoms with Gasteiger partial charge in [-0.2, -0.15) is 0 Å². The molecule has 3 nitrogen and oxygen atoms in total. The van der Waals surface area contributed by atoms with Crippen LogP contribution in [0.15, 0.2) is 12.2 Å². The monoisotopic (exact) mass is 184 g/mol. The van der Waals surface area contributed by atoms with Crippen molar-refractivity contribution >= 4 is 11.8 Å². The molecule has 0 aliphatic carbocycles. The molecule has 0 saturated carbocycles. The van der Waals surface area contributed by atoms with Crippen molar-refractivity contribution in [2.75, 3.05) is 6.61 Å². The van der Waals surface area contributed by atoms with Crippen LogP contribution in [0.1, 0.15) is 27.2 Å². The minimum Gasteiger partial charge on any atom is -0.462 e. The summed E-state index contributed by atoms with van der Waals surface area (Å²) in [4.78, 5) is 22.4. The summed E-state index contributed by atoms with van der Waals surface area (Å²) in [6.07, 6.45) is 0.745. The Labute approximate surface area is 78.8 Å². The predicted molar refractivity (Wildman–Crippen MR) is 50.2 cm³/mol. The van der Waals surface area contributed by atoms with E-state index in [1.165, 1.54) is 0 Å². The molecule has 13 heavy (non-hydrogen) atoms. The van der Waals surface area contributed by atoms with Crippen molar-refractivity contribution in [3.8, 4) is 0 Å². The van der Waals surface area contributed by atoms with Crippen LogP contribution in [0.25, 0.3) is 0 Å². The molecule has 0 bridgehead atoms. The maximum absolute atomic E-state index is 11.2. The Morgan fingerprint density at radius 3 is 2.31 bits per heavy atom. The molecule has 0 amide bonds. The Balaban J connectivity index is 4.11. The van der Waals surface area contributed by atoms with Crippen molar-refractivity contribution in [3.63, 3.8) is 0 Å². The third-order valence-corrected chi connectivity index (χ3v) is 1.51. The molecule has 0 radical (unpaired) electrons. The summed E-state index contributed by atoms with van der Waals surface area (Å²) in [5, 5.41) is 0. The van der Waals surface area contributed by atoms with Crippen molar-refractivity contribution < 1.29 is 14.3 Å². The van der Waals surface area contributed by atoms with Crippen LogP contribution in [0, 0.1) is 5.92 Å². The molecule has 0 aromatic carbocycles. The van der Waals surface area contributed by atoms with Crippen LogP contribution < -0.4 is 0 Å². The fourth-order valence-corrected chi connectivity index (χ4v) is 0.731. The largest absolute Gasteiger partial charge is 0.462 e. The SMILES string of the molecule is C=C(C(=O)OCCC)C(=O)C(C)C. The molecular weight excluding hydrogens is 168 g/mol. The molecule has 0 atom stereocenters. The van der Waals surface area contributed by atoms with Gasteiger partial charge in [-0.05, 0) is 6.42 Å². The Morgan fingerprint density at radius 2 is 1.92 bits per heavy atom. The quantitative estimate of drug-likeness (QED) is 0.283. The van der Waals surface area contributed by atoms with Gasteiger partial charge in [0.05, 0.1) is 12.2 Å². The minimum absolute atomic E-state index is 0.0524. The lowest BCUT2D eigenvalue weighted by Gasteiger charge is -2.06. The topological polar surface area (TPSA) is 43.4 Å². The van der Waals surface area contributed by atoms with Gasteiger partial charge in [-0.15, -0.1) is 0 Å². The first-order chi connectivity index (χ1) is 6.00. The average molecular weight is 184 g/mol. The van der Waals surface area contributed by atoms with Crippen LogP contribution in [0.4, 0.5) is 0 Å². The first-order valence-electron chi connectivity index (χ1n) is 4.41. The second kappa shape index (κ2) is 5.51. The summed E-state index contributed by atoms with van der Waals surface area (Å²) in [7, 11) is 0. The van der Waals surface area contributed by atoms with Crippen LogP contribution in [0.3, 0.4) is 0 Å². The summed E-state index contributed by atoms with van der Waals surface area (Å²) < 4.78 is 4.76. The molecule has 3 heteroatoms. The fourth-order valence-electron chi connectivity index (χ4n) is 0.731. The number of esters is 1. The van der Waals surface area contributed by atoms with E-state index in [1.807, 2.05) is 6.92 Å². The first-order valence-corrected chi connectivity index (χ1v) is 4.41. The van der Waals surface area contributed by atoms with Gasteiger partial charge < -0.3 is 4.74 Å². The van der Waals surface area contributed by atoms with E-state index in [0.29, 0.717) is 6.61 Å². The van der Waals surface area contributed by atoms with Crippen molar-refractivity contribution in [1.29, 1.82) is 0 Å². The minimum atomic E-state index is -0.597. The normalized spacial score (nSPS) is 9.85. The highest BCUT2D eigenvalue weighted by atomic mass is 16.5. The van der Waals surface area contributed by atoms with Crippen LogP contribution in [0.5, 0.6) is 0 Å². The number of ether oxygens (including phenoxy) is 1. The maximum Gasteiger partial charge on any atom is 0.341 e. The fraction of sp³-hybridized carbons (Fsp3) is 0.600. The predicted octanol–water partition coefficient (Wildman–Crippen LogP) is 1.72. The smallest absolute Gasteiger partial charge is 0.341 e. The lowest BCUT2D eigenvalue weighted by molar-refractivity contribution is -0.140. The zero-order valence-electron chi connectivity index (χ0n) is 8.42. The summed E-state index contributed by atoms with van der Waals surface area (Å²) >= 11 is 0. The molecule has 0 unspecified atom stereocenters. The molecule has 0 spiro atoms. The molecule has 0 N–H and O–H groups in total. The summed E-state index contributed by atoms with van der Waals surface area (Å²) in [6, 6.07) is 0. The first kappa shape index (κ1) is 11.9. The highest BCUT2D eigenvalue weighted by molar-refractivity contribution is 6.17. The van der Waals surface area contributed by atoms with Gasteiger partial charge in [-0.3, -0.25) is 4.79 Å². The van der Waals surface area contributed by atoms with Crippen molar-refractivity contribution in [2.24, 2.45) is 5.92 Å². The van der Waals surface area contributed by atoms with E-state index in [9.17, 15) is 9.59 Å². The van der Waals surface area contributed by atoms with Gasteiger partial charge >= 0.3 is 5.97 Å². The zero-order valence-corrected chi connectivity index (χ0v) is 8.42. The van der Waals surface area contributed by atoms with Crippen LogP contribution in [-0.2, 0) is 14.3 Å². The second-order valence-corrected chi connectivity index (χ2v) is 3.13. The van der Waals surface area contributed by atoms with Gasteiger partial charge in [0.2, 0.25) is 0 Å². The summed E-state index contributed by atoms with van der Waals surface area (Å²) in [5.74, 6) is -1.05. The van der Waals surface area contributed by atoms with Gasteiger partial charge in [-0.25, -0.2) is 4.79 Å². The molecule has 0 saturated heterocycles. The highest BCUT2D eigenvalue weighted by Crippen LogP contribution is 2.05. The van der Waals surface area contributed by atoms with Gasteiger partial charge in [0, 0.05) is 5.92 Å². The number of carbonyl (C=O) groups is 2. The molecule has 0 heterocycles. The zero-order chi connectivity index (χ0) is 10.4. The van der Waals surface area contributed by atoms with Crippen molar-refractivity contribution in [1.82, 2.24) is 0 Å². The van der Waals surface area contributed by atoms with E-state index in [1.54, 1.807) is 13.8 Å². The number of rotatable bonds is 5. The highest BCUT2D eigenvalue weighted by Gasteiger charge is 2.19. The Morgan fingerprint density at radius 1 is 1.38 bits per heavy atom. The van der Waals surface area contributed by atoms with Crippen molar-refractivity contribution in [3.05, 3.63) is 12.2 Å². The maximum atomic E-state index is 11.2. The summed E-state index contributed by atoms with van der Waals surface area (Å²) in [6.45, 7) is 9.08. The molecule has 0 rings (SSSR count). The molecule has 0 aliphatic heterocycles. The third-order valence-electron chi connectivity index (χ3n) is 1.51. The van der Waals surface area contributed by atoms with Gasteiger partial charge in [0.25, 0.3) is 0 Å². The van der Waals surface area contributed by atoms with Crippen LogP contribution >= 0.6 is 0 Å². The molecule has 0 aliphatic rings. The van der Waals surface area contributed by atoms with Gasteiger partial charge in [0.1, 0.15) is 0 Å². The second-order valence-electron chi connectivity index (χ2n) is 3.13. The molecular formula is C10H16O3. The van der Waals surface area contributed by atoms with E-state index in [2.05, 4.69) is 6.58 Å². The Bertz CT molecular complexity index is 216. The summed E-state index contributed by atoms with van der Waals surface area (Å²) in [5.41, 5.74) is -0.0524. The van der Waals surface area contributed by atoms with E-state index in [0.717, 1.165) is 6.42 Å². The van der Waals surface area contributed by atoms with E-state index in [4.69, 9.17) is 4.74 Å². The van der Waals surface area contributed by atoms with E-state index < -0.39 is 5.97 Å². The number of carbonyl (C=O) groups excluding carboxylic acids is 2. The van der Waals surface area contributed by atoms with Gasteiger partial charge in [0.15, 0.2) is 5.78 Å². The number of hydrogen-bond acceptors (Lipinski definition) is 3. The standard InChI is InChI=1S/C10H16O3/c1-5-6-13-10(12)8(4)9(11)7(2)3/h7H,4-6H2,1-3H3. The number of ketones is 1. The van der Waals surface area contributed by atoms with Crippen LogP contribution in [0.2, 0.25) is 0 Å². The van der Waals surface area contributed by atoms with Gasteiger partial charge in [-0.1, -0.05) is 27.4 Å². The van der Waals surface area contributed by atoms with Crippen molar-refractivity contribution in [2.45, 2.75) is 27.2 Å². The third kappa shape index (κ3) is 3.87. The average Bonchev–Trinajstić information content (AvgIpc) is 2.11. The molecule has 0 fully saturated rings. The molecule has 0 aromatic heterocycles.